The van der Waals surface area contributed by atoms with Gasteiger partial charge in [-0.25, -0.2) is 9.48 Å². The van der Waals surface area contributed by atoms with Gasteiger partial charge in [0.25, 0.3) is 0 Å². The third kappa shape index (κ3) is 5.41. The molecule has 0 aliphatic rings. The number of aromatic nitrogens is 3. The highest BCUT2D eigenvalue weighted by atomic mass is 16.5. The molecule has 0 saturated carbocycles. The maximum absolute atomic E-state index is 10.5. The first kappa shape index (κ1) is 13.6. The summed E-state index contributed by atoms with van der Waals surface area (Å²) in [5.41, 5.74) is -0.0619. The van der Waals surface area contributed by atoms with Crippen LogP contribution < -0.4 is 0 Å². The molecule has 0 aromatic carbocycles. The van der Waals surface area contributed by atoms with Gasteiger partial charge in [-0.15, -0.1) is 5.10 Å². The second kappa shape index (κ2) is 6.97. The number of carboxylic acid groups (broad SMARTS) is 1. The quantitative estimate of drug-likeness (QED) is 0.666. The Morgan fingerprint density at radius 3 is 2.82 bits per heavy atom. The molecular weight excluding hydrogens is 226 g/mol. The van der Waals surface area contributed by atoms with Gasteiger partial charge in [0, 0.05) is 0 Å². The molecule has 96 valence electrons. The molecule has 0 atom stereocenters. The number of aromatic carboxylic acids is 1. The Bertz CT molecular complexity index is 351. The molecule has 1 aromatic heterocycles. The summed E-state index contributed by atoms with van der Waals surface area (Å²) in [7, 11) is 0. The van der Waals surface area contributed by atoms with Gasteiger partial charge in [-0.1, -0.05) is 5.21 Å². The zero-order valence-corrected chi connectivity index (χ0v) is 10.00. The van der Waals surface area contributed by atoms with E-state index in [-0.39, 0.29) is 11.8 Å². The van der Waals surface area contributed by atoms with Gasteiger partial charge in [0.1, 0.15) is 0 Å². The van der Waals surface area contributed by atoms with Crippen molar-refractivity contribution in [3.05, 3.63) is 11.9 Å². The molecule has 0 radical (unpaired) electrons. The highest BCUT2D eigenvalue weighted by Crippen LogP contribution is 1.93. The average Bonchev–Trinajstić information content (AvgIpc) is 2.71. The van der Waals surface area contributed by atoms with Gasteiger partial charge in [0.15, 0.2) is 5.69 Å². The van der Waals surface area contributed by atoms with Crippen LogP contribution in [0.25, 0.3) is 0 Å². The zero-order chi connectivity index (χ0) is 12.7. The summed E-state index contributed by atoms with van der Waals surface area (Å²) in [5, 5.41) is 15.8. The lowest BCUT2D eigenvalue weighted by Gasteiger charge is -2.07. The van der Waals surface area contributed by atoms with Crippen LogP contribution in [0.15, 0.2) is 6.20 Å². The van der Waals surface area contributed by atoms with Crippen molar-refractivity contribution in [2.45, 2.75) is 26.5 Å². The predicted octanol–water partition coefficient (Wildman–Crippen LogP) is 0.418. The minimum Gasteiger partial charge on any atom is -0.476 e. The molecule has 0 aliphatic heterocycles. The van der Waals surface area contributed by atoms with E-state index in [1.54, 1.807) is 0 Å². The van der Waals surface area contributed by atoms with E-state index in [1.165, 1.54) is 10.9 Å². The summed E-state index contributed by atoms with van der Waals surface area (Å²) in [6.45, 7) is 5.91. The Morgan fingerprint density at radius 2 is 2.24 bits per heavy atom. The number of ether oxygens (including phenoxy) is 2. The summed E-state index contributed by atoms with van der Waals surface area (Å²) in [6, 6.07) is 0. The molecule has 0 aliphatic carbocycles. The molecule has 7 heteroatoms. The number of rotatable bonds is 8. The molecule has 0 spiro atoms. The van der Waals surface area contributed by atoms with Crippen molar-refractivity contribution in [1.29, 1.82) is 0 Å². The Hall–Kier alpha value is -1.47. The topological polar surface area (TPSA) is 86.5 Å². The minimum absolute atomic E-state index is 0.0619. The van der Waals surface area contributed by atoms with Crippen molar-refractivity contribution in [3.8, 4) is 0 Å². The molecule has 0 amide bonds. The Balaban J connectivity index is 2.11. The highest BCUT2D eigenvalue weighted by molar-refractivity contribution is 5.84. The van der Waals surface area contributed by atoms with Crippen LogP contribution >= 0.6 is 0 Å². The van der Waals surface area contributed by atoms with Crippen LogP contribution in [0.2, 0.25) is 0 Å². The van der Waals surface area contributed by atoms with Crippen LogP contribution in [0.3, 0.4) is 0 Å². The third-order valence-corrected chi connectivity index (χ3v) is 1.90. The zero-order valence-electron chi connectivity index (χ0n) is 10.00. The largest absolute Gasteiger partial charge is 0.476 e. The van der Waals surface area contributed by atoms with Crippen molar-refractivity contribution < 1.29 is 19.4 Å². The summed E-state index contributed by atoms with van der Waals surface area (Å²) < 4.78 is 12.0. The van der Waals surface area contributed by atoms with E-state index < -0.39 is 5.97 Å². The summed E-state index contributed by atoms with van der Waals surface area (Å²) >= 11 is 0. The molecular formula is C10H17N3O4. The second-order valence-corrected chi connectivity index (χ2v) is 3.70. The van der Waals surface area contributed by atoms with E-state index >= 15 is 0 Å². The number of carbonyl (C=O) groups is 1. The van der Waals surface area contributed by atoms with E-state index in [0.29, 0.717) is 26.4 Å². The fraction of sp³-hybridized carbons (Fsp3) is 0.700. The minimum atomic E-state index is -1.08. The Labute approximate surface area is 99.3 Å². The van der Waals surface area contributed by atoms with Crippen molar-refractivity contribution in [2.75, 3.05) is 19.8 Å². The molecule has 1 heterocycles. The van der Waals surface area contributed by atoms with E-state index in [2.05, 4.69) is 10.3 Å². The number of carboxylic acids is 1. The molecule has 1 rings (SSSR count). The predicted molar refractivity (Wildman–Crippen MR) is 58.9 cm³/mol. The first-order chi connectivity index (χ1) is 8.09. The van der Waals surface area contributed by atoms with Gasteiger partial charge >= 0.3 is 5.97 Å². The van der Waals surface area contributed by atoms with Gasteiger partial charge < -0.3 is 14.6 Å². The van der Waals surface area contributed by atoms with E-state index in [9.17, 15) is 4.79 Å². The SMILES string of the molecule is CC(C)OCCOCCn1cc(C(=O)O)nn1. The van der Waals surface area contributed by atoms with Gasteiger partial charge in [-0.05, 0) is 13.8 Å². The second-order valence-electron chi connectivity index (χ2n) is 3.70. The third-order valence-electron chi connectivity index (χ3n) is 1.90. The normalized spacial score (nSPS) is 11.0. The molecule has 1 aromatic rings. The molecule has 0 fully saturated rings. The van der Waals surface area contributed by atoms with Gasteiger partial charge in [0.05, 0.1) is 38.7 Å². The summed E-state index contributed by atoms with van der Waals surface area (Å²) in [5.74, 6) is -1.08. The smallest absolute Gasteiger partial charge is 0.358 e. The van der Waals surface area contributed by atoms with Crippen LogP contribution in [-0.4, -0.2) is 52.0 Å². The molecule has 17 heavy (non-hydrogen) atoms. The number of hydrogen-bond acceptors (Lipinski definition) is 5. The molecule has 7 nitrogen and oxygen atoms in total. The van der Waals surface area contributed by atoms with E-state index in [4.69, 9.17) is 14.6 Å². The molecule has 0 unspecified atom stereocenters. The molecule has 0 saturated heterocycles. The van der Waals surface area contributed by atoms with Crippen LogP contribution in [0.5, 0.6) is 0 Å². The monoisotopic (exact) mass is 243 g/mol. The first-order valence-corrected chi connectivity index (χ1v) is 5.42. The lowest BCUT2D eigenvalue weighted by molar-refractivity contribution is 0.0170. The standard InChI is InChI=1S/C10H17N3O4/c1-8(2)17-6-5-16-4-3-13-7-9(10(14)15)11-12-13/h7-8H,3-6H2,1-2H3,(H,14,15). The van der Waals surface area contributed by atoms with Crippen molar-refractivity contribution in [2.24, 2.45) is 0 Å². The highest BCUT2D eigenvalue weighted by Gasteiger charge is 2.07. The summed E-state index contributed by atoms with van der Waals surface area (Å²) in [6.07, 6.45) is 1.57. The molecule has 0 bridgehead atoms. The van der Waals surface area contributed by atoms with E-state index in [1.807, 2.05) is 13.8 Å². The van der Waals surface area contributed by atoms with Crippen molar-refractivity contribution >= 4 is 5.97 Å². The first-order valence-electron chi connectivity index (χ1n) is 5.42. The lowest BCUT2D eigenvalue weighted by atomic mass is 10.5. The Morgan fingerprint density at radius 1 is 1.47 bits per heavy atom. The number of nitrogens with zero attached hydrogens (tertiary/aromatic N) is 3. The van der Waals surface area contributed by atoms with Crippen molar-refractivity contribution in [1.82, 2.24) is 15.0 Å². The van der Waals surface area contributed by atoms with Gasteiger partial charge in [0.2, 0.25) is 0 Å². The maximum Gasteiger partial charge on any atom is 0.358 e. The van der Waals surface area contributed by atoms with Crippen molar-refractivity contribution in [3.63, 3.8) is 0 Å². The van der Waals surface area contributed by atoms with E-state index in [0.717, 1.165) is 0 Å². The fourth-order valence-electron chi connectivity index (χ4n) is 1.11. The fourth-order valence-corrected chi connectivity index (χ4v) is 1.11. The van der Waals surface area contributed by atoms with Crippen LogP contribution in [-0.2, 0) is 16.0 Å². The van der Waals surface area contributed by atoms with Crippen LogP contribution in [0.1, 0.15) is 24.3 Å². The van der Waals surface area contributed by atoms with Crippen LogP contribution in [0.4, 0.5) is 0 Å². The van der Waals surface area contributed by atoms with Crippen LogP contribution in [0, 0.1) is 0 Å². The van der Waals surface area contributed by atoms with Gasteiger partial charge in [-0.3, -0.25) is 0 Å². The average molecular weight is 243 g/mol. The lowest BCUT2D eigenvalue weighted by Crippen LogP contribution is -2.12. The Kier molecular flexibility index (Phi) is 5.58. The number of hydrogen-bond donors (Lipinski definition) is 1. The summed E-state index contributed by atoms with van der Waals surface area (Å²) in [4.78, 5) is 10.5. The molecule has 1 N–H and O–H groups in total. The maximum atomic E-state index is 10.5. The van der Waals surface area contributed by atoms with Gasteiger partial charge in [-0.2, -0.15) is 0 Å².